The lowest BCUT2D eigenvalue weighted by Gasteiger charge is -2.00. The van der Waals surface area contributed by atoms with E-state index in [0.29, 0.717) is 12.2 Å². The Hall–Kier alpha value is -2.29. The van der Waals surface area contributed by atoms with Crippen molar-refractivity contribution in [1.82, 2.24) is 0 Å². The fourth-order valence-electron chi connectivity index (χ4n) is 1.69. The maximum atomic E-state index is 11.5. The summed E-state index contributed by atoms with van der Waals surface area (Å²) in [6.45, 7) is 1.63. The summed E-state index contributed by atoms with van der Waals surface area (Å²) in [5.74, 6) is 0.398. The van der Waals surface area contributed by atoms with E-state index in [1.54, 1.807) is 6.92 Å². The van der Waals surface area contributed by atoms with Crippen LogP contribution in [0.1, 0.15) is 16.9 Å². The first kappa shape index (κ1) is 12.2. The Labute approximate surface area is 105 Å². The lowest BCUT2D eigenvalue weighted by atomic mass is 10.1. The zero-order valence-corrected chi connectivity index (χ0v) is 10.1. The van der Waals surface area contributed by atoms with Crippen molar-refractivity contribution in [3.05, 3.63) is 69.8 Å². The zero-order chi connectivity index (χ0) is 13.0. The Kier molecular flexibility index (Phi) is 3.63. The van der Waals surface area contributed by atoms with Crippen molar-refractivity contribution < 1.29 is 9.52 Å². The van der Waals surface area contributed by atoms with Crippen LogP contribution in [0.25, 0.3) is 6.08 Å². The van der Waals surface area contributed by atoms with Gasteiger partial charge in [-0.2, -0.15) is 0 Å². The molecule has 0 fully saturated rings. The van der Waals surface area contributed by atoms with E-state index in [4.69, 9.17) is 4.42 Å². The van der Waals surface area contributed by atoms with Crippen LogP contribution in [0.3, 0.4) is 0 Å². The van der Waals surface area contributed by atoms with Gasteiger partial charge in [0.25, 0.3) is 0 Å². The summed E-state index contributed by atoms with van der Waals surface area (Å²) in [5.41, 5.74) is 0.853. The molecule has 3 heteroatoms. The summed E-state index contributed by atoms with van der Waals surface area (Å²) >= 11 is 0. The minimum atomic E-state index is -0.481. The summed E-state index contributed by atoms with van der Waals surface area (Å²) in [5, 5.41) is 9.68. The third-order valence-electron chi connectivity index (χ3n) is 2.58. The number of allylic oxidation sites excluding steroid dienone is 1. The molecule has 0 radical (unpaired) electrons. The van der Waals surface area contributed by atoms with Crippen molar-refractivity contribution in [2.24, 2.45) is 0 Å². The van der Waals surface area contributed by atoms with Crippen LogP contribution in [-0.4, -0.2) is 5.11 Å². The topological polar surface area (TPSA) is 50.4 Å². The fourth-order valence-corrected chi connectivity index (χ4v) is 1.69. The molecule has 1 aromatic heterocycles. The van der Waals surface area contributed by atoms with E-state index in [1.807, 2.05) is 42.5 Å². The Morgan fingerprint density at radius 1 is 1.28 bits per heavy atom. The molecule has 0 aliphatic carbocycles. The predicted octanol–water partition coefficient (Wildman–Crippen LogP) is 2.91. The average molecular weight is 242 g/mol. The molecule has 0 aliphatic rings. The maximum absolute atomic E-state index is 11.5. The number of aryl methyl sites for hydroxylation is 1. The number of aromatic hydroxyl groups is 1. The number of rotatable bonds is 3. The van der Waals surface area contributed by atoms with Crippen LogP contribution in [0.5, 0.6) is 5.75 Å². The summed E-state index contributed by atoms with van der Waals surface area (Å²) < 4.78 is 4.94. The molecule has 2 aromatic rings. The smallest absolute Gasteiger partial charge is 0.343 e. The molecule has 0 aliphatic heterocycles. The van der Waals surface area contributed by atoms with Crippen LogP contribution >= 0.6 is 0 Å². The highest BCUT2D eigenvalue weighted by molar-refractivity contribution is 5.49. The summed E-state index contributed by atoms with van der Waals surface area (Å²) in [6.07, 6.45) is 4.08. The van der Waals surface area contributed by atoms with Gasteiger partial charge in [-0.3, -0.25) is 0 Å². The van der Waals surface area contributed by atoms with E-state index in [9.17, 15) is 9.90 Å². The molecule has 1 heterocycles. The van der Waals surface area contributed by atoms with E-state index in [-0.39, 0.29) is 11.3 Å². The minimum absolute atomic E-state index is 0.0125. The molecule has 0 atom stereocenters. The van der Waals surface area contributed by atoms with Crippen molar-refractivity contribution in [2.45, 2.75) is 13.3 Å². The number of hydrogen-bond acceptors (Lipinski definition) is 3. The van der Waals surface area contributed by atoms with Gasteiger partial charge in [0, 0.05) is 12.5 Å². The van der Waals surface area contributed by atoms with Crippen LogP contribution in [0.2, 0.25) is 0 Å². The first-order chi connectivity index (χ1) is 8.66. The van der Waals surface area contributed by atoms with Gasteiger partial charge in [-0.15, -0.1) is 0 Å². The van der Waals surface area contributed by atoms with Crippen molar-refractivity contribution in [3.8, 4) is 5.75 Å². The molecular formula is C15H14O3. The lowest BCUT2D eigenvalue weighted by Crippen LogP contribution is -2.07. The molecule has 0 unspecified atom stereocenters. The number of hydrogen-bond donors (Lipinski definition) is 1. The second-order valence-corrected chi connectivity index (χ2v) is 4.03. The molecule has 0 spiro atoms. The summed E-state index contributed by atoms with van der Waals surface area (Å²) in [6, 6.07) is 11.2. The molecule has 0 bridgehead atoms. The van der Waals surface area contributed by atoms with Crippen molar-refractivity contribution in [2.75, 3.05) is 0 Å². The van der Waals surface area contributed by atoms with E-state index in [0.717, 1.165) is 5.56 Å². The lowest BCUT2D eigenvalue weighted by molar-refractivity contribution is 0.425. The average Bonchev–Trinajstić information content (AvgIpc) is 2.34. The van der Waals surface area contributed by atoms with E-state index in [1.165, 1.54) is 6.07 Å². The monoisotopic (exact) mass is 242 g/mol. The van der Waals surface area contributed by atoms with Crippen LogP contribution < -0.4 is 5.63 Å². The summed E-state index contributed by atoms with van der Waals surface area (Å²) in [4.78, 5) is 11.5. The third-order valence-corrected chi connectivity index (χ3v) is 2.58. The van der Waals surface area contributed by atoms with Crippen LogP contribution in [-0.2, 0) is 6.42 Å². The third kappa shape index (κ3) is 2.88. The molecule has 1 aromatic carbocycles. The molecule has 0 saturated heterocycles. The van der Waals surface area contributed by atoms with Gasteiger partial charge in [-0.05, 0) is 12.5 Å². The first-order valence-electron chi connectivity index (χ1n) is 5.71. The standard InChI is InChI=1S/C15H14O3/c1-11-10-14(16)13(15(17)18-11)9-5-8-12-6-3-2-4-7-12/h2-8,10,16H,9H2,1H3/b8-5+. The van der Waals surface area contributed by atoms with Gasteiger partial charge in [0.1, 0.15) is 11.5 Å². The highest BCUT2D eigenvalue weighted by Crippen LogP contribution is 2.15. The van der Waals surface area contributed by atoms with Crippen LogP contribution in [0.15, 0.2) is 51.7 Å². The van der Waals surface area contributed by atoms with Gasteiger partial charge in [-0.25, -0.2) is 4.79 Å². The Balaban J connectivity index is 2.16. The fraction of sp³-hybridized carbons (Fsp3) is 0.133. The van der Waals surface area contributed by atoms with Crippen molar-refractivity contribution in [1.29, 1.82) is 0 Å². The maximum Gasteiger partial charge on any atom is 0.343 e. The highest BCUT2D eigenvalue weighted by Gasteiger charge is 2.07. The molecule has 0 amide bonds. The van der Waals surface area contributed by atoms with Crippen molar-refractivity contribution >= 4 is 6.08 Å². The first-order valence-corrected chi connectivity index (χ1v) is 5.71. The molecule has 18 heavy (non-hydrogen) atoms. The zero-order valence-electron chi connectivity index (χ0n) is 10.1. The minimum Gasteiger partial charge on any atom is -0.507 e. The van der Waals surface area contributed by atoms with Gasteiger partial charge in [0.2, 0.25) is 0 Å². The quantitative estimate of drug-likeness (QED) is 0.900. The Bertz CT molecular complexity index is 609. The predicted molar refractivity (Wildman–Crippen MR) is 70.6 cm³/mol. The molecule has 1 N–H and O–H groups in total. The van der Waals surface area contributed by atoms with Gasteiger partial charge < -0.3 is 9.52 Å². The molecule has 92 valence electrons. The Morgan fingerprint density at radius 3 is 2.67 bits per heavy atom. The molecule has 3 nitrogen and oxygen atoms in total. The van der Waals surface area contributed by atoms with E-state index >= 15 is 0 Å². The normalized spacial score (nSPS) is 10.9. The van der Waals surface area contributed by atoms with Gasteiger partial charge in [0.05, 0.1) is 5.56 Å². The van der Waals surface area contributed by atoms with E-state index < -0.39 is 5.63 Å². The highest BCUT2D eigenvalue weighted by atomic mass is 16.4. The Morgan fingerprint density at radius 2 is 2.00 bits per heavy atom. The molecule has 2 rings (SSSR count). The van der Waals surface area contributed by atoms with Gasteiger partial charge in [-0.1, -0.05) is 42.5 Å². The second kappa shape index (κ2) is 5.36. The summed E-state index contributed by atoms with van der Waals surface area (Å²) in [7, 11) is 0. The second-order valence-electron chi connectivity index (χ2n) is 4.03. The van der Waals surface area contributed by atoms with Gasteiger partial charge >= 0.3 is 5.63 Å². The SMILES string of the molecule is Cc1cc(O)c(C/C=C/c2ccccc2)c(=O)o1. The van der Waals surface area contributed by atoms with Gasteiger partial charge in [0.15, 0.2) is 0 Å². The largest absolute Gasteiger partial charge is 0.507 e. The van der Waals surface area contributed by atoms with Crippen molar-refractivity contribution in [3.63, 3.8) is 0 Å². The van der Waals surface area contributed by atoms with Crippen LogP contribution in [0, 0.1) is 6.92 Å². The molecular weight excluding hydrogens is 228 g/mol. The van der Waals surface area contributed by atoms with E-state index in [2.05, 4.69) is 0 Å². The van der Waals surface area contributed by atoms with Crippen LogP contribution in [0.4, 0.5) is 0 Å². The number of benzene rings is 1. The molecule has 0 saturated carbocycles.